The van der Waals surface area contributed by atoms with Crippen LogP contribution in [0.25, 0.3) is 0 Å². The molecular weight excluding hydrogens is 200 g/mol. The number of aliphatic hydroxyl groups is 2. The molecule has 1 aromatic rings. The molecule has 0 bridgehead atoms. The van der Waals surface area contributed by atoms with Crippen LogP contribution in [-0.4, -0.2) is 32.3 Å². The fourth-order valence-corrected chi connectivity index (χ4v) is 1.15. The van der Waals surface area contributed by atoms with Gasteiger partial charge in [0.25, 0.3) is 0 Å². The molecule has 1 heterocycles. The summed E-state index contributed by atoms with van der Waals surface area (Å²) < 4.78 is 0. The van der Waals surface area contributed by atoms with Crippen LogP contribution in [0.3, 0.4) is 0 Å². The van der Waals surface area contributed by atoms with E-state index in [9.17, 15) is 15.0 Å². The quantitative estimate of drug-likeness (QED) is 0.513. The second-order valence-electron chi connectivity index (χ2n) is 3.16. The highest BCUT2D eigenvalue weighted by Gasteiger charge is 2.20. The van der Waals surface area contributed by atoms with Crippen LogP contribution >= 0.6 is 0 Å². The summed E-state index contributed by atoms with van der Waals surface area (Å²) in [4.78, 5) is 14.1. The lowest BCUT2D eigenvalue weighted by Crippen LogP contribution is -2.25. The number of aromatic nitrogens is 1. The van der Waals surface area contributed by atoms with Gasteiger partial charge in [-0.15, -0.1) is 0 Å². The highest BCUT2D eigenvalue weighted by molar-refractivity contribution is 5.74. The number of nitrogens with two attached hydrogens (primary N) is 1. The maximum atomic E-state index is 10.5. The first-order valence-electron chi connectivity index (χ1n) is 4.29. The Morgan fingerprint density at radius 2 is 2.13 bits per heavy atom. The summed E-state index contributed by atoms with van der Waals surface area (Å²) >= 11 is 0. The standard InChI is InChI=1S/C9H12N2O4/c10-8(14)2-7(13)9(15)5-1-6(12)4-11-3-5/h1,3-4,7,9,12-13,15H,2H2,(H2,10,14). The number of hydrogen-bond donors (Lipinski definition) is 4. The summed E-state index contributed by atoms with van der Waals surface area (Å²) in [5.41, 5.74) is 5.09. The summed E-state index contributed by atoms with van der Waals surface area (Å²) in [5, 5.41) is 28.0. The zero-order valence-electron chi connectivity index (χ0n) is 7.87. The summed E-state index contributed by atoms with van der Waals surface area (Å²) in [6.45, 7) is 0. The van der Waals surface area contributed by atoms with E-state index in [1.54, 1.807) is 0 Å². The molecule has 6 heteroatoms. The average Bonchev–Trinajstić information content (AvgIpc) is 2.15. The molecule has 2 unspecified atom stereocenters. The van der Waals surface area contributed by atoms with Gasteiger partial charge in [0.2, 0.25) is 5.91 Å². The van der Waals surface area contributed by atoms with Crippen LogP contribution in [0.4, 0.5) is 0 Å². The summed E-state index contributed by atoms with van der Waals surface area (Å²) in [6.07, 6.45) is -0.467. The van der Waals surface area contributed by atoms with Crippen molar-refractivity contribution in [1.82, 2.24) is 4.98 Å². The Labute approximate surface area is 86.0 Å². The molecule has 0 aromatic carbocycles. The molecule has 1 rings (SSSR count). The fraction of sp³-hybridized carbons (Fsp3) is 0.333. The van der Waals surface area contributed by atoms with E-state index < -0.39 is 18.1 Å². The smallest absolute Gasteiger partial charge is 0.220 e. The molecule has 1 aromatic heterocycles. The van der Waals surface area contributed by atoms with Gasteiger partial charge in [0.1, 0.15) is 11.9 Å². The van der Waals surface area contributed by atoms with E-state index in [2.05, 4.69) is 4.98 Å². The van der Waals surface area contributed by atoms with Gasteiger partial charge in [-0.05, 0) is 6.07 Å². The summed E-state index contributed by atoms with van der Waals surface area (Å²) in [7, 11) is 0. The van der Waals surface area contributed by atoms with Gasteiger partial charge >= 0.3 is 0 Å². The van der Waals surface area contributed by atoms with E-state index in [0.29, 0.717) is 0 Å². The molecule has 0 aliphatic heterocycles. The van der Waals surface area contributed by atoms with Crippen molar-refractivity contribution in [1.29, 1.82) is 0 Å². The third-order valence-corrected chi connectivity index (χ3v) is 1.86. The number of hydrogen-bond acceptors (Lipinski definition) is 5. The molecule has 6 nitrogen and oxygen atoms in total. The third-order valence-electron chi connectivity index (χ3n) is 1.86. The maximum Gasteiger partial charge on any atom is 0.220 e. The first-order chi connectivity index (χ1) is 7.00. The number of pyridine rings is 1. The van der Waals surface area contributed by atoms with Gasteiger partial charge < -0.3 is 21.1 Å². The number of carbonyl (C=O) groups is 1. The van der Waals surface area contributed by atoms with Gasteiger partial charge in [-0.1, -0.05) is 0 Å². The van der Waals surface area contributed by atoms with Crippen molar-refractivity contribution in [2.75, 3.05) is 0 Å². The molecule has 0 fully saturated rings. The average molecular weight is 212 g/mol. The van der Waals surface area contributed by atoms with Gasteiger partial charge in [0.15, 0.2) is 0 Å². The predicted molar refractivity (Wildman–Crippen MR) is 50.7 cm³/mol. The minimum absolute atomic E-state index is 0.127. The number of rotatable bonds is 4. The van der Waals surface area contributed by atoms with E-state index in [4.69, 9.17) is 10.8 Å². The van der Waals surface area contributed by atoms with Crippen LogP contribution < -0.4 is 5.73 Å². The van der Waals surface area contributed by atoms with Gasteiger partial charge in [0, 0.05) is 11.8 Å². The maximum absolute atomic E-state index is 10.5. The highest BCUT2D eigenvalue weighted by Crippen LogP contribution is 2.20. The Balaban J connectivity index is 2.75. The van der Waals surface area contributed by atoms with Gasteiger partial charge in [0.05, 0.1) is 18.7 Å². The van der Waals surface area contributed by atoms with Crippen LogP contribution in [0.1, 0.15) is 18.1 Å². The van der Waals surface area contributed by atoms with Crippen molar-refractivity contribution in [3.05, 3.63) is 24.0 Å². The Bertz CT molecular complexity index is 356. The molecule has 0 spiro atoms. The van der Waals surface area contributed by atoms with Gasteiger partial charge in [-0.2, -0.15) is 0 Å². The van der Waals surface area contributed by atoms with Crippen LogP contribution in [-0.2, 0) is 4.79 Å². The lowest BCUT2D eigenvalue weighted by atomic mass is 10.0. The summed E-state index contributed by atoms with van der Waals surface area (Å²) in [5.74, 6) is -0.840. The number of primary amides is 1. The Kier molecular flexibility index (Phi) is 3.59. The molecule has 82 valence electrons. The Morgan fingerprint density at radius 1 is 1.47 bits per heavy atom. The van der Waals surface area contributed by atoms with E-state index >= 15 is 0 Å². The van der Waals surface area contributed by atoms with Crippen LogP contribution in [0, 0.1) is 0 Å². The van der Waals surface area contributed by atoms with Crippen molar-refractivity contribution in [2.45, 2.75) is 18.6 Å². The molecule has 0 radical (unpaired) electrons. The lowest BCUT2D eigenvalue weighted by Gasteiger charge is -2.16. The second-order valence-corrected chi connectivity index (χ2v) is 3.16. The lowest BCUT2D eigenvalue weighted by molar-refractivity contribution is -0.121. The van der Waals surface area contributed by atoms with Crippen LogP contribution in [0.15, 0.2) is 18.5 Å². The molecular formula is C9H12N2O4. The normalized spacial score (nSPS) is 14.5. The van der Waals surface area contributed by atoms with Crippen molar-refractivity contribution in [3.8, 4) is 5.75 Å². The van der Waals surface area contributed by atoms with Crippen molar-refractivity contribution in [3.63, 3.8) is 0 Å². The molecule has 1 amide bonds. The van der Waals surface area contributed by atoms with Crippen molar-refractivity contribution >= 4 is 5.91 Å². The zero-order chi connectivity index (χ0) is 11.4. The largest absolute Gasteiger partial charge is 0.506 e. The van der Waals surface area contributed by atoms with Crippen LogP contribution in [0.2, 0.25) is 0 Å². The van der Waals surface area contributed by atoms with E-state index in [-0.39, 0.29) is 17.7 Å². The molecule has 0 saturated heterocycles. The number of nitrogens with zero attached hydrogens (tertiary/aromatic N) is 1. The van der Waals surface area contributed by atoms with E-state index in [1.165, 1.54) is 18.5 Å². The Hall–Kier alpha value is -1.66. The topological polar surface area (TPSA) is 117 Å². The molecule has 2 atom stereocenters. The predicted octanol–water partition coefficient (Wildman–Crippen LogP) is -0.943. The van der Waals surface area contributed by atoms with Crippen molar-refractivity contribution in [2.24, 2.45) is 5.73 Å². The van der Waals surface area contributed by atoms with Gasteiger partial charge in [-0.25, -0.2) is 0 Å². The number of carbonyl (C=O) groups excluding carboxylic acids is 1. The first kappa shape index (κ1) is 11.4. The molecule has 0 aliphatic carbocycles. The highest BCUT2D eigenvalue weighted by atomic mass is 16.3. The van der Waals surface area contributed by atoms with E-state index in [0.717, 1.165) is 0 Å². The summed E-state index contributed by atoms with van der Waals surface area (Å²) in [6, 6.07) is 1.25. The third kappa shape index (κ3) is 3.19. The monoisotopic (exact) mass is 212 g/mol. The molecule has 5 N–H and O–H groups in total. The molecule has 0 saturated carbocycles. The zero-order valence-corrected chi connectivity index (χ0v) is 7.87. The number of aromatic hydroxyl groups is 1. The van der Waals surface area contributed by atoms with Crippen LogP contribution in [0.5, 0.6) is 5.75 Å². The van der Waals surface area contributed by atoms with E-state index in [1.807, 2.05) is 0 Å². The Morgan fingerprint density at radius 3 is 2.67 bits per heavy atom. The van der Waals surface area contributed by atoms with Crippen molar-refractivity contribution < 1.29 is 20.1 Å². The number of aliphatic hydroxyl groups excluding tert-OH is 2. The molecule has 0 aliphatic rings. The van der Waals surface area contributed by atoms with Gasteiger partial charge in [-0.3, -0.25) is 9.78 Å². The second kappa shape index (κ2) is 4.72. The molecule has 15 heavy (non-hydrogen) atoms. The fourth-order valence-electron chi connectivity index (χ4n) is 1.15. The SMILES string of the molecule is NC(=O)CC(O)C(O)c1cncc(O)c1. The first-order valence-corrected chi connectivity index (χ1v) is 4.29. The number of amides is 1. The minimum atomic E-state index is -1.30. The minimum Gasteiger partial charge on any atom is -0.506 e.